The molecule has 0 aromatic carbocycles. The second-order valence-corrected chi connectivity index (χ2v) is 5.95. The Labute approximate surface area is 121 Å². The molecule has 3 heterocycles. The Morgan fingerprint density at radius 3 is 2.80 bits per heavy atom. The molecular formula is C14H17N3O2S. The van der Waals surface area contributed by atoms with Gasteiger partial charge in [0.2, 0.25) is 0 Å². The molecule has 6 heteroatoms. The second-order valence-electron chi connectivity index (χ2n) is 5.00. The fourth-order valence-electron chi connectivity index (χ4n) is 2.61. The predicted octanol–water partition coefficient (Wildman–Crippen LogP) is 1.89. The number of thiophene rings is 1. The summed E-state index contributed by atoms with van der Waals surface area (Å²) in [7, 11) is 0. The molecule has 1 saturated heterocycles. The first-order valence-corrected chi connectivity index (χ1v) is 7.59. The van der Waals surface area contributed by atoms with E-state index in [1.807, 2.05) is 17.2 Å². The number of aromatic nitrogens is 1. The molecule has 3 rings (SSSR count). The highest BCUT2D eigenvalue weighted by Crippen LogP contribution is 2.29. The van der Waals surface area contributed by atoms with Crippen LogP contribution in [0.2, 0.25) is 0 Å². The molecule has 1 fully saturated rings. The summed E-state index contributed by atoms with van der Waals surface area (Å²) >= 11 is 1.72. The third-order valence-electron chi connectivity index (χ3n) is 3.88. The fraction of sp³-hybridized carbons (Fsp3) is 0.429. The smallest absolute Gasteiger partial charge is 0.320 e. The number of aliphatic carboxylic acids is 1. The van der Waals surface area contributed by atoms with Crippen molar-refractivity contribution in [3.63, 3.8) is 0 Å². The molecule has 0 aliphatic carbocycles. The van der Waals surface area contributed by atoms with Gasteiger partial charge in [-0.15, -0.1) is 11.3 Å². The van der Waals surface area contributed by atoms with E-state index in [0.717, 1.165) is 32.0 Å². The van der Waals surface area contributed by atoms with E-state index in [9.17, 15) is 4.79 Å². The molecule has 0 spiro atoms. The highest BCUT2D eigenvalue weighted by Gasteiger charge is 2.26. The van der Waals surface area contributed by atoms with Crippen LogP contribution in [0.25, 0.3) is 10.1 Å². The van der Waals surface area contributed by atoms with Gasteiger partial charge in [-0.05, 0) is 24.4 Å². The third-order valence-corrected chi connectivity index (χ3v) is 4.76. The normalized spacial score (nSPS) is 18.4. The summed E-state index contributed by atoms with van der Waals surface area (Å²) in [5, 5.41) is 12.3. The molecule has 1 N–H and O–H groups in total. The van der Waals surface area contributed by atoms with Crippen LogP contribution in [0.5, 0.6) is 0 Å². The average Bonchev–Trinajstić information content (AvgIpc) is 2.95. The van der Waals surface area contributed by atoms with Crippen molar-refractivity contribution in [3.05, 3.63) is 23.7 Å². The molecule has 0 radical (unpaired) electrons. The van der Waals surface area contributed by atoms with E-state index in [-0.39, 0.29) is 0 Å². The predicted molar refractivity (Wildman–Crippen MR) is 80.5 cm³/mol. The van der Waals surface area contributed by atoms with Crippen LogP contribution < -0.4 is 4.90 Å². The molecule has 106 valence electrons. The molecule has 2 aromatic rings. The lowest BCUT2D eigenvalue weighted by molar-refractivity contribution is -0.142. The van der Waals surface area contributed by atoms with Crippen LogP contribution in [0.4, 0.5) is 5.82 Å². The maximum absolute atomic E-state index is 11.0. The Hall–Kier alpha value is -1.66. The van der Waals surface area contributed by atoms with Crippen molar-refractivity contribution in [1.82, 2.24) is 9.88 Å². The number of fused-ring (bicyclic) bond motifs is 1. The number of rotatable bonds is 3. The molecule has 5 nitrogen and oxygen atoms in total. The van der Waals surface area contributed by atoms with E-state index in [1.54, 1.807) is 18.3 Å². The van der Waals surface area contributed by atoms with Crippen LogP contribution in [-0.4, -0.2) is 53.2 Å². The Morgan fingerprint density at radius 1 is 1.35 bits per heavy atom. The maximum Gasteiger partial charge on any atom is 0.320 e. The van der Waals surface area contributed by atoms with Crippen LogP contribution in [0.3, 0.4) is 0 Å². The van der Waals surface area contributed by atoms with Crippen molar-refractivity contribution in [3.8, 4) is 0 Å². The van der Waals surface area contributed by atoms with Crippen LogP contribution in [0, 0.1) is 0 Å². The molecule has 20 heavy (non-hydrogen) atoms. The van der Waals surface area contributed by atoms with Gasteiger partial charge in [0.05, 0.1) is 0 Å². The van der Waals surface area contributed by atoms with E-state index in [2.05, 4.69) is 21.3 Å². The lowest BCUT2D eigenvalue weighted by atomic mass is 10.2. The standard InChI is InChI=1S/C14H17N3O2S/c1-10(14(18)19)16-5-7-17(8-6-16)13-11-3-9-20-12(11)2-4-15-13/h2-4,9-10H,5-8H2,1H3,(H,18,19). The molecule has 0 saturated carbocycles. The van der Waals surface area contributed by atoms with Crippen LogP contribution in [-0.2, 0) is 4.79 Å². The summed E-state index contributed by atoms with van der Waals surface area (Å²) in [4.78, 5) is 19.8. The number of carboxylic acid groups (broad SMARTS) is 1. The van der Waals surface area contributed by atoms with E-state index in [1.165, 1.54) is 10.1 Å². The molecule has 0 amide bonds. The van der Waals surface area contributed by atoms with Gasteiger partial charge in [0, 0.05) is 42.5 Å². The van der Waals surface area contributed by atoms with Gasteiger partial charge in [-0.1, -0.05) is 0 Å². The largest absolute Gasteiger partial charge is 0.480 e. The first-order valence-electron chi connectivity index (χ1n) is 6.71. The summed E-state index contributed by atoms with van der Waals surface area (Å²) in [6.45, 7) is 4.90. The van der Waals surface area contributed by atoms with Gasteiger partial charge in [-0.2, -0.15) is 0 Å². The minimum Gasteiger partial charge on any atom is -0.480 e. The summed E-state index contributed by atoms with van der Waals surface area (Å²) in [6.07, 6.45) is 1.85. The number of hydrogen-bond acceptors (Lipinski definition) is 5. The average molecular weight is 291 g/mol. The van der Waals surface area contributed by atoms with Crippen molar-refractivity contribution < 1.29 is 9.90 Å². The number of nitrogens with zero attached hydrogens (tertiary/aromatic N) is 3. The van der Waals surface area contributed by atoms with E-state index in [4.69, 9.17) is 5.11 Å². The number of carboxylic acids is 1. The lowest BCUT2D eigenvalue weighted by Gasteiger charge is -2.37. The van der Waals surface area contributed by atoms with Crippen molar-refractivity contribution in [2.24, 2.45) is 0 Å². The number of anilines is 1. The Balaban J connectivity index is 1.75. The quantitative estimate of drug-likeness (QED) is 0.936. The van der Waals surface area contributed by atoms with Crippen molar-refractivity contribution >= 4 is 33.2 Å². The van der Waals surface area contributed by atoms with Crippen molar-refractivity contribution in [2.45, 2.75) is 13.0 Å². The topological polar surface area (TPSA) is 56.7 Å². The Morgan fingerprint density at radius 2 is 2.10 bits per heavy atom. The third kappa shape index (κ3) is 2.36. The molecule has 2 aromatic heterocycles. The van der Waals surface area contributed by atoms with E-state index < -0.39 is 12.0 Å². The maximum atomic E-state index is 11.0. The number of pyridine rings is 1. The van der Waals surface area contributed by atoms with Crippen LogP contribution >= 0.6 is 11.3 Å². The van der Waals surface area contributed by atoms with Gasteiger partial charge in [0.25, 0.3) is 0 Å². The first kappa shape index (κ1) is 13.3. The first-order chi connectivity index (χ1) is 9.66. The molecule has 0 bridgehead atoms. The monoisotopic (exact) mass is 291 g/mol. The molecule has 1 aliphatic heterocycles. The van der Waals surface area contributed by atoms with Crippen molar-refractivity contribution in [1.29, 1.82) is 0 Å². The lowest BCUT2D eigenvalue weighted by Crippen LogP contribution is -2.52. The summed E-state index contributed by atoms with van der Waals surface area (Å²) in [5.74, 6) is 0.267. The van der Waals surface area contributed by atoms with Crippen LogP contribution in [0.1, 0.15) is 6.92 Å². The van der Waals surface area contributed by atoms with Gasteiger partial charge in [0.15, 0.2) is 0 Å². The van der Waals surface area contributed by atoms with E-state index in [0.29, 0.717) is 0 Å². The molecule has 1 aliphatic rings. The molecule has 1 atom stereocenters. The molecule has 1 unspecified atom stereocenters. The Kier molecular flexibility index (Phi) is 3.58. The highest BCUT2D eigenvalue weighted by atomic mass is 32.1. The van der Waals surface area contributed by atoms with Gasteiger partial charge in [-0.25, -0.2) is 4.98 Å². The van der Waals surface area contributed by atoms with Gasteiger partial charge in [0.1, 0.15) is 11.9 Å². The zero-order chi connectivity index (χ0) is 14.1. The zero-order valence-electron chi connectivity index (χ0n) is 11.3. The zero-order valence-corrected chi connectivity index (χ0v) is 12.1. The van der Waals surface area contributed by atoms with Crippen molar-refractivity contribution in [2.75, 3.05) is 31.1 Å². The minimum absolute atomic E-state index is 0.415. The van der Waals surface area contributed by atoms with Gasteiger partial charge >= 0.3 is 5.97 Å². The molecular weight excluding hydrogens is 274 g/mol. The minimum atomic E-state index is -0.753. The fourth-order valence-corrected chi connectivity index (χ4v) is 3.39. The van der Waals surface area contributed by atoms with Gasteiger partial charge < -0.3 is 10.0 Å². The summed E-state index contributed by atoms with van der Waals surface area (Å²) in [6, 6.07) is 3.72. The number of piperazine rings is 1. The SMILES string of the molecule is CC(C(=O)O)N1CCN(c2nccc3sccc23)CC1. The number of hydrogen-bond donors (Lipinski definition) is 1. The second kappa shape index (κ2) is 5.38. The highest BCUT2D eigenvalue weighted by molar-refractivity contribution is 7.17. The number of carbonyl (C=O) groups is 1. The van der Waals surface area contributed by atoms with Crippen LogP contribution in [0.15, 0.2) is 23.7 Å². The Bertz CT molecular complexity index is 620. The summed E-state index contributed by atoms with van der Waals surface area (Å²) < 4.78 is 1.25. The summed E-state index contributed by atoms with van der Waals surface area (Å²) in [5.41, 5.74) is 0. The van der Waals surface area contributed by atoms with E-state index >= 15 is 0 Å². The van der Waals surface area contributed by atoms with Gasteiger partial charge in [-0.3, -0.25) is 9.69 Å².